The predicted molar refractivity (Wildman–Crippen MR) is 100 cm³/mol. The minimum atomic E-state index is -1.16. The second-order valence-corrected chi connectivity index (χ2v) is 10.3. The molecule has 0 aliphatic rings. The number of nitrogens with one attached hydrogen (secondary N) is 1. The average Bonchev–Trinajstić information content (AvgIpc) is 2.41. The molecule has 0 spiro atoms. The molecular weight excluding hydrogens is 322 g/mol. The van der Waals surface area contributed by atoms with E-state index >= 15 is 0 Å². The summed E-state index contributed by atoms with van der Waals surface area (Å²) >= 11 is 0. The van der Waals surface area contributed by atoms with Crippen molar-refractivity contribution < 1.29 is 13.7 Å². The Morgan fingerprint density at radius 1 is 1.04 bits per heavy atom. The van der Waals surface area contributed by atoms with Crippen LogP contribution in [0.15, 0.2) is 24.3 Å². The zero-order valence-corrected chi connectivity index (χ0v) is 16.9. The van der Waals surface area contributed by atoms with Crippen LogP contribution in [0.5, 0.6) is 0 Å². The van der Waals surface area contributed by atoms with Gasteiger partial charge in [0.05, 0.1) is 21.3 Å². The molecular formula is C19H31NO3S. The lowest BCUT2D eigenvalue weighted by Gasteiger charge is -2.27. The Morgan fingerprint density at radius 2 is 1.54 bits per heavy atom. The van der Waals surface area contributed by atoms with Crippen LogP contribution in [0.2, 0.25) is 0 Å². The fraction of sp³-hybridized carbons (Fsp3) is 0.632. The average molecular weight is 354 g/mol. The van der Waals surface area contributed by atoms with Gasteiger partial charge in [0.15, 0.2) is 0 Å². The van der Waals surface area contributed by atoms with E-state index in [1.807, 2.05) is 53.7 Å². The van der Waals surface area contributed by atoms with Crippen LogP contribution in [0.4, 0.5) is 0 Å². The zero-order chi connectivity index (χ0) is 18.7. The van der Waals surface area contributed by atoms with Gasteiger partial charge in [-0.2, -0.15) is 0 Å². The zero-order valence-electron chi connectivity index (χ0n) is 16.1. The van der Waals surface area contributed by atoms with Crippen LogP contribution in [0.1, 0.15) is 77.4 Å². The molecule has 1 rings (SSSR count). The summed E-state index contributed by atoms with van der Waals surface area (Å²) in [6, 6.07) is 7.28. The molecule has 0 radical (unpaired) electrons. The smallest absolute Gasteiger partial charge is 0.338 e. The van der Waals surface area contributed by atoms with E-state index in [1.165, 1.54) is 0 Å². The van der Waals surface area contributed by atoms with Gasteiger partial charge >= 0.3 is 5.97 Å². The molecule has 0 bridgehead atoms. The van der Waals surface area contributed by atoms with Crippen molar-refractivity contribution in [3.05, 3.63) is 35.4 Å². The summed E-state index contributed by atoms with van der Waals surface area (Å²) < 4.78 is 20.7. The van der Waals surface area contributed by atoms with Gasteiger partial charge in [-0.3, -0.25) is 0 Å². The minimum absolute atomic E-state index is 0.0438. The monoisotopic (exact) mass is 353 g/mol. The molecule has 24 heavy (non-hydrogen) atoms. The summed E-state index contributed by atoms with van der Waals surface area (Å²) in [4.78, 5) is 12.1. The molecule has 0 heterocycles. The molecule has 136 valence electrons. The van der Waals surface area contributed by atoms with Gasteiger partial charge in [0.2, 0.25) is 0 Å². The summed E-state index contributed by atoms with van der Waals surface area (Å²) in [6.07, 6.45) is 0. The van der Waals surface area contributed by atoms with E-state index in [1.54, 1.807) is 12.1 Å². The van der Waals surface area contributed by atoms with Crippen molar-refractivity contribution in [1.29, 1.82) is 0 Å². The fourth-order valence-electron chi connectivity index (χ4n) is 2.04. The predicted octanol–water partition coefficient (Wildman–Crippen LogP) is 4.39. The molecule has 0 fully saturated rings. The van der Waals surface area contributed by atoms with Crippen LogP contribution in [-0.2, 0) is 15.7 Å². The topological polar surface area (TPSA) is 55.4 Å². The van der Waals surface area contributed by atoms with Crippen molar-refractivity contribution in [1.82, 2.24) is 4.72 Å². The van der Waals surface area contributed by atoms with Gasteiger partial charge in [0, 0.05) is 6.04 Å². The SMILES string of the molecule is CC(C)[C@@H](N[S@@](=O)C(C)(C)C)c1ccc(C(=O)OC(C)(C)C)cc1. The van der Waals surface area contributed by atoms with Crippen LogP contribution in [0.3, 0.4) is 0 Å². The minimum Gasteiger partial charge on any atom is -0.456 e. The first-order valence-corrected chi connectivity index (χ1v) is 9.47. The van der Waals surface area contributed by atoms with Gasteiger partial charge in [-0.15, -0.1) is 0 Å². The van der Waals surface area contributed by atoms with Crippen LogP contribution in [0, 0.1) is 5.92 Å². The Balaban J connectivity index is 2.95. The number of ether oxygens (including phenoxy) is 1. The van der Waals surface area contributed by atoms with E-state index in [2.05, 4.69) is 18.6 Å². The van der Waals surface area contributed by atoms with E-state index in [0.29, 0.717) is 5.56 Å². The first kappa shape index (κ1) is 20.8. The molecule has 0 saturated carbocycles. The maximum absolute atomic E-state index is 12.4. The lowest BCUT2D eigenvalue weighted by atomic mass is 9.96. The highest BCUT2D eigenvalue weighted by Crippen LogP contribution is 2.25. The molecule has 4 nitrogen and oxygen atoms in total. The molecule has 0 aromatic heterocycles. The fourth-order valence-corrected chi connectivity index (χ4v) is 3.04. The number of carbonyl (C=O) groups is 1. The van der Waals surface area contributed by atoms with Gasteiger partial charge in [-0.05, 0) is 65.2 Å². The summed E-state index contributed by atoms with van der Waals surface area (Å²) in [7, 11) is -1.16. The maximum atomic E-state index is 12.4. The van der Waals surface area contributed by atoms with Crippen molar-refractivity contribution in [3.63, 3.8) is 0 Å². The molecule has 0 unspecified atom stereocenters. The Kier molecular flexibility index (Phi) is 6.76. The molecule has 0 amide bonds. The van der Waals surface area contributed by atoms with E-state index in [9.17, 15) is 9.00 Å². The standard InChI is InChI=1S/C19H31NO3S/c1-13(2)16(20-24(22)19(6,7)8)14-9-11-15(12-10-14)17(21)23-18(3,4)5/h9-13,16,20H,1-8H3/t16-,24+/m1/s1. The third-order valence-electron chi connectivity index (χ3n) is 3.36. The number of carbonyl (C=O) groups excluding carboxylic acids is 1. The summed E-state index contributed by atoms with van der Waals surface area (Å²) in [5, 5.41) is 0. The highest BCUT2D eigenvalue weighted by Gasteiger charge is 2.25. The van der Waals surface area contributed by atoms with Crippen LogP contribution < -0.4 is 4.72 Å². The van der Waals surface area contributed by atoms with Crippen LogP contribution >= 0.6 is 0 Å². The molecule has 0 saturated heterocycles. The molecule has 0 aliphatic heterocycles. The van der Waals surface area contributed by atoms with E-state index in [-0.39, 0.29) is 22.7 Å². The lowest BCUT2D eigenvalue weighted by Crippen LogP contribution is -2.37. The van der Waals surface area contributed by atoms with Crippen molar-refractivity contribution >= 4 is 17.0 Å². The lowest BCUT2D eigenvalue weighted by molar-refractivity contribution is 0.00695. The summed E-state index contributed by atoms with van der Waals surface area (Å²) in [6.45, 7) is 15.5. The Labute approximate surface area is 149 Å². The van der Waals surface area contributed by atoms with Crippen molar-refractivity contribution in [2.24, 2.45) is 5.92 Å². The molecule has 0 aliphatic carbocycles. The van der Waals surface area contributed by atoms with Gasteiger partial charge in [-0.1, -0.05) is 26.0 Å². The maximum Gasteiger partial charge on any atom is 0.338 e. The van der Waals surface area contributed by atoms with Gasteiger partial charge < -0.3 is 4.74 Å². The van der Waals surface area contributed by atoms with Crippen molar-refractivity contribution in [2.75, 3.05) is 0 Å². The number of hydrogen-bond donors (Lipinski definition) is 1. The molecule has 2 atom stereocenters. The van der Waals surface area contributed by atoms with Gasteiger partial charge in [-0.25, -0.2) is 13.7 Å². The van der Waals surface area contributed by atoms with Crippen molar-refractivity contribution in [3.8, 4) is 0 Å². The number of benzene rings is 1. The summed E-state index contributed by atoms with van der Waals surface area (Å²) in [5.41, 5.74) is 1.02. The molecule has 5 heteroatoms. The quantitative estimate of drug-likeness (QED) is 0.799. The third-order valence-corrected chi connectivity index (χ3v) is 4.94. The summed E-state index contributed by atoms with van der Waals surface area (Å²) in [5.74, 6) is -0.0648. The Hall–Kier alpha value is -1.20. The normalized spacial score (nSPS) is 15.2. The molecule has 1 aromatic carbocycles. The Bertz CT molecular complexity index is 580. The first-order valence-electron chi connectivity index (χ1n) is 8.32. The molecule has 1 aromatic rings. The molecule has 1 N–H and O–H groups in total. The van der Waals surface area contributed by atoms with E-state index < -0.39 is 16.6 Å². The second kappa shape index (κ2) is 7.79. The van der Waals surface area contributed by atoms with Crippen LogP contribution in [-0.4, -0.2) is 20.5 Å². The van der Waals surface area contributed by atoms with Crippen LogP contribution in [0.25, 0.3) is 0 Å². The number of hydrogen-bond acceptors (Lipinski definition) is 3. The van der Waals surface area contributed by atoms with Gasteiger partial charge in [0.1, 0.15) is 5.60 Å². The number of rotatable bonds is 5. The van der Waals surface area contributed by atoms with E-state index in [4.69, 9.17) is 4.74 Å². The largest absolute Gasteiger partial charge is 0.456 e. The highest BCUT2D eigenvalue weighted by atomic mass is 32.2. The third kappa shape index (κ3) is 6.36. The number of esters is 1. The van der Waals surface area contributed by atoms with Gasteiger partial charge in [0.25, 0.3) is 0 Å². The van der Waals surface area contributed by atoms with Crippen molar-refractivity contribution in [2.45, 2.75) is 71.8 Å². The van der Waals surface area contributed by atoms with E-state index in [0.717, 1.165) is 5.56 Å². The highest BCUT2D eigenvalue weighted by molar-refractivity contribution is 7.84. The second-order valence-electron chi connectivity index (χ2n) is 8.34. The first-order chi connectivity index (χ1) is 10.8. The Morgan fingerprint density at radius 3 is 1.92 bits per heavy atom.